The molecular weight excluding hydrogens is 488 g/mol. The van der Waals surface area contributed by atoms with E-state index in [1.807, 2.05) is 73.7 Å². The number of furan rings is 1. The Morgan fingerprint density at radius 3 is 2.46 bits per heavy atom. The summed E-state index contributed by atoms with van der Waals surface area (Å²) in [4.78, 5) is 37.5. The smallest absolute Gasteiger partial charge is 0.257 e. The third-order valence-corrected chi connectivity index (χ3v) is 6.60. The molecule has 2 aromatic carbocycles. The Bertz CT molecular complexity index is 1100. The minimum absolute atomic E-state index is 0.0189. The number of thioether (sulfide) groups is 1. The first-order valence-electron chi connectivity index (χ1n) is 12.4. The first kappa shape index (κ1) is 28.1. The maximum atomic E-state index is 12.9. The summed E-state index contributed by atoms with van der Waals surface area (Å²) in [5.74, 6) is 1.97. The number of carbonyl (C=O) groups excluding carboxylic acids is 3. The molecular formula is C29H34N2O5S. The lowest BCUT2D eigenvalue weighted by molar-refractivity contribution is -0.126. The van der Waals surface area contributed by atoms with E-state index in [9.17, 15) is 14.4 Å². The van der Waals surface area contributed by atoms with Crippen LogP contribution in [0.15, 0.2) is 77.4 Å². The van der Waals surface area contributed by atoms with E-state index < -0.39 is 6.04 Å². The number of amides is 2. The van der Waals surface area contributed by atoms with Gasteiger partial charge in [-0.05, 0) is 56.0 Å². The lowest BCUT2D eigenvalue weighted by atomic mass is 10.0. The van der Waals surface area contributed by atoms with Crippen molar-refractivity contribution in [1.82, 2.24) is 10.6 Å². The number of ketones is 1. The minimum atomic E-state index is -0.586. The van der Waals surface area contributed by atoms with Crippen molar-refractivity contribution in [3.05, 3.63) is 89.9 Å². The molecule has 37 heavy (non-hydrogen) atoms. The molecule has 0 saturated carbocycles. The normalized spacial score (nSPS) is 11.5. The fraction of sp³-hybridized carbons (Fsp3) is 0.345. The number of hydrogen-bond donors (Lipinski definition) is 2. The summed E-state index contributed by atoms with van der Waals surface area (Å²) < 4.78 is 10.8. The average molecular weight is 523 g/mol. The van der Waals surface area contributed by atoms with Crippen molar-refractivity contribution < 1.29 is 23.5 Å². The molecule has 1 heterocycles. The van der Waals surface area contributed by atoms with Gasteiger partial charge in [-0.3, -0.25) is 14.4 Å². The zero-order chi connectivity index (χ0) is 26.3. The van der Waals surface area contributed by atoms with Gasteiger partial charge in [0.2, 0.25) is 5.91 Å². The first-order chi connectivity index (χ1) is 18.0. The van der Waals surface area contributed by atoms with Crippen molar-refractivity contribution in [2.45, 2.75) is 44.4 Å². The summed E-state index contributed by atoms with van der Waals surface area (Å²) in [5, 5.41) is 5.72. The van der Waals surface area contributed by atoms with E-state index in [0.717, 1.165) is 16.9 Å². The van der Waals surface area contributed by atoms with Crippen LogP contribution in [0, 0.1) is 6.92 Å². The minimum Gasteiger partial charge on any atom is -0.484 e. The van der Waals surface area contributed by atoms with Gasteiger partial charge in [-0.15, -0.1) is 11.8 Å². The van der Waals surface area contributed by atoms with E-state index in [0.29, 0.717) is 37.3 Å². The highest BCUT2D eigenvalue weighted by atomic mass is 32.2. The molecule has 0 saturated heterocycles. The average Bonchev–Trinajstić information content (AvgIpc) is 3.42. The Balaban J connectivity index is 1.36. The molecule has 3 rings (SSSR count). The topological polar surface area (TPSA) is 97.6 Å². The van der Waals surface area contributed by atoms with Crippen molar-refractivity contribution in [2.75, 3.05) is 18.9 Å². The van der Waals surface area contributed by atoms with E-state index in [-0.39, 0.29) is 36.4 Å². The van der Waals surface area contributed by atoms with Gasteiger partial charge in [0.05, 0.1) is 23.8 Å². The number of Topliss-reactive ketones (excluding diaryl/α,β-unsaturated/α-hetero) is 1. The first-order valence-corrected chi connectivity index (χ1v) is 13.6. The lowest BCUT2D eigenvalue weighted by Gasteiger charge is -2.18. The summed E-state index contributed by atoms with van der Waals surface area (Å²) in [7, 11) is 0. The third kappa shape index (κ3) is 11.0. The number of nitrogens with one attached hydrogen (secondary N) is 2. The van der Waals surface area contributed by atoms with Crippen LogP contribution in [-0.4, -0.2) is 42.5 Å². The van der Waals surface area contributed by atoms with Crippen molar-refractivity contribution >= 4 is 29.4 Å². The van der Waals surface area contributed by atoms with E-state index >= 15 is 0 Å². The number of rotatable bonds is 16. The van der Waals surface area contributed by atoms with Crippen LogP contribution in [0.3, 0.4) is 0 Å². The fourth-order valence-electron chi connectivity index (χ4n) is 3.58. The van der Waals surface area contributed by atoms with Crippen LogP contribution in [0.2, 0.25) is 0 Å². The lowest BCUT2D eigenvalue weighted by Crippen LogP contribution is -2.43. The van der Waals surface area contributed by atoms with E-state index in [4.69, 9.17) is 9.15 Å². The van der Waals surface area contributed by atoms with E-state index in [1.165, 1.54) is 11.8 Å². The third-order valence-electron chi connectivity index (χ3n) is 5.62. The number of ether oxygens (including phenoxy) is 1. The van der Waals surface area contributed by atoms with Gasteiger partial charge >= 0.3 is 0 Å². The Morgan fingerprint density at radius 1 is 0.946 bits per heavy atom. The molecule has 0 fully saturated rings. The quantitative estimate of drug-likeness (QED) is 0.269. The second kappa shape index (κ2) is 15.6. The van der Waals surface area contributed by atoms with Gasteiger partial charge in [0.1, 0.15) is 11.5 Å². The zero-order valence-electron chi connectivity index (χ0n) is 21.1. The SMILES string of the molecule is Cc1ccc(OCC(=O)NCCCCC(=O)N[C@@H](Cc2ccccc2)C(=O)CSCc2ccco2)cc1. The van der Waals surface area contributed by atoms with E-state index in [2.05, 4.69) is 10.6 Å². The van der Waals surface area contributed by atoms with Crippen molar-refractivity contribution in [2.24, 2.45) is 0 Å². The standard InChI is InChI=1S/C29H34N2O5S/c1-22-12-14-24(15-13-22)36-19-29(34)30-16-6-5-11-28(33)31-26(18-23-8-3-2-4-9-23)27(32)21-37-20-25-10-7-17-35-25/h2-4,7-10,12-15,17,26H,5-6,11,16,18-21H2,1H3,(H,30,34)(H,31,33)/t26-/m0/s1. The Kier molecular flexibility index (Phi) is 11.8. The maximum Gasteiger partial charge on any atom is 0.257 e. The molecule has 2 N–H and O–H groups in total. The van der Waals surface area contributed by atoms with Crippen LogP contribution in [0.5, 0.6) is 5.75 Å². The molecule has 0 aliphatic heterocycles. The second-order valence-corrected chi connectivity index (χ2v) is 9.74. The van der Waals surface area contributed by atoms with Crippen LogP contribution >= 0.6 is 11.8 Å². The van der Waals surface area contributed by atoms with Crippen LogP contribution in [-0.2, 0) is 26.6 Å². The van der Waals surface area contributed by atoms with Crippen LogP contribution in [0.4, 0.5) is 0 Å². The van der Waals surface area contributed by atoms with E-state index in [1.54, 1.807) is 6.26 Å². The van der Waals surface area contributed by atoms with Crippen LogP contribution in [0.25, 0.3) is 0 Å². The Morgan fingerprint density at radius 2 is 1.73 bits per heavy atom. The molecule has 1 aromatic heterocycles. The molecule has 7 nitrogen and oxygen atoms in total. The molecule has 196 valence electrons. The molecule has 1 atom stereocenters. The molecule has 0 radical (unpaired) electrons. The number of carbonyl (C=O) groups is 3. The van der Waals surface area contributed by atoms with Gasteiger partial charge in [0.25, 0.3) is 5.91 Å². The van der Waals surface area contributed by atoms with Gasteiger partial charge in [-0.25, -0.2) is 0 Å². The van der Waals surface area contributed by atoms with Crippen LogP contribution < -0.4 is 15.4 Å². The fourth-order valence-corrected chi connectivity index (χ4v) is 4.45. The van der Waals surface area contributed by atoms with Gasteiger partial charge in [-0.2, -0.15) is 0 Å². The number of unbranched alkanes of at least 4 members (excludes halogenated alkanes) is 1. The highest BCUT2D eigenvalue weighted by Crippen LogP contribution is 2.15. The van der Waals surface area contributed by atoms with Crippen molar-refractivity contribution in [3.63, 3.8) is 0 Å². The molecule has 8 heteroatoms. The maximum absolute atomic E-state index is 12.9. The second-order valence-electron chi connectivity index (χ2n) is 8.76. The van der Waals surface area contributed by atoms with Crippen molar-refractivity contribution in [1.29, 1.82) is 0 Å². The predicted molar refractivity (Wildman–Crippen MR) is 145 cm³/mol. The monoisotopic (exact) mass is 522 g/mol. The Labute approximate surface area is 222 Å². The molecule has 0 unspecified atom stereocenters. The number of hydrogen-bond acceptors (Lipinski definition) is 6. The molecule has 2 amide bonds. The highest BCUT2D eigenvalue weighted by molar-refractivity contribution is 7.99. The molecule has 0 aliphatic carbocycles. The van der Waals surface area contributed by atoms with Gasteiger partial charge in [0, 0.05) is 13.0 Å². The predicted octanol–water partition coefficient (Wildman–Crippen LogP) is 4.48. The number of benzene rings is 2. The van der Waals surface area contributed by atoms with Gasteiger partial charge < -0.3 is 19.8 Å². The zero-order valence-corrected chi connectivity index (χ0v) is 21.9. The molecule has 3 aromatic rings. The summed E-state index contributed by atoms with van der Waals surface area (Å²) in [6.45, 7) is 2.39. The van der Waals surface area contributed by atoms with Gasteiger partial charge in [0.15, 0.2) is 12.4 Å². The Hall–Kier alpha value is -3.52. The highest BCUT2D eigenvalue weighted by Gasteiger charge is 2.21. The molecule has 0 bridgehead atoms. The molecule has 0 aliphatic rings. The number of aryl methyl sites for hydroxylation is 1. The van der Waals surface area contributed by atoms with Gasteiger partial charge in [-0.1, -0.05) is 48.0 Å². The van der Waals surface area contributed by atoms with Crippen LogP contribution in [0.1, 0.15) is 36.1 Å². The summed E-state index contributed by atoms with van der Waals surface area (Å²) in [6.07, 6.45) is 3.60. The van der Waals surface area contributed by atoms with Crippen molar-refractivity contribution in [3.8, 4) is 5.75 Å². The summed E-state index contributed by atoms with van der Waals surface area (Å²) >= 11 is 1.47. The summed E-state index contributed by atoms with van der Waals surface area (Å²) in [5.41, 5.74) is 2.12. The summed E-state index contributed by atoms with van der Waals surface area (Å²) in [6, 6.07) is 20.3. The largest absolute Gasteiger partial charge is 0.484 e. The molecule has 0 spiro atoms.